The number of hydrogen-bond acceptors (Lipinski definition) is 8. The van der Waals surface area contributed by atoms with Crippen molar-refractivity contribution < 1.29 is 9.59 Å². The van der Waals surface area contributed by atoms with Gasteiger partial charge in [-0.1, -0.05) is 12.1 Å². The van der Waals surface area contributed by atoms with Gasteiger partial charge in [0.05, 0.1) is 29.9 Å². The first kappa shape index (κ1) is 19.6. The number of hydrogen-bond donors (Lipinski definition) is 2. The SMILES string of the molecule is N#C[C@@H]1CCCN1C(=O)[C@@H](N)CN1CC2C[C@@H]1C(=O)N2c1ccccc1-c1nn[nH]n1. The number of carbonyl (C=O) groups excluding carboxylic acids is 2. The smallest absolute Gasteiger partial charge is 0.244 e. The van der Waals surface area contributed by atoms with Gasteiger partial charge in [-0.25, -0.2) is 0 Å². The summed E-state index contributed by atoms with van der Waals surface area (Å²) in [7, 11) is 0. The average molecular weight is 421 g/mol. The van der Waals surface area contributed by atoms with Crippen LogP contribution in [0.15, 0.2) is 24.3 Å². The molecule has 2 aromatic rings. The minimum Gasteiger partial charge on any atom is -0.325 e. The van der Waals surface area contributed by atoms with Crippen molar-refractivity contribution in [3.8, 4) is 17.5 Å². The number of rotatable bonds is 5. The first-order valence-electron chi connectivity index (χ1n) is 10.4. The van der Waals surface area contributed by atoms with Crippen molar-refractivity contribution >= 4 is 17.5 Å². The average Bonchev–Trinajstić information content (AvgIpc) is 3.57. The molecule has 3 fully saturated rings. The van der Waals surface area contributed by atoms with Gasteiger partial charge in [0, 0.05) is 25.2 Å². The summed E-state index contributed by atoms with van der Waals surface area (Å²) in [6, 6.07) is 8.22. The normalized spacial score (nSPS) is 26.5. The predicted molar refractivity (Wildman–Crippen MR) is 109 cm³/mol. The number of anilines is 1. The Labute approximate surface area is 178 Å². The number of aromatic amines is 1. The number of nitrogens with two attached hydrogens (primary N) is 1. The van der Waals surface area contributed by atoms with Gasteiger partial charge in [0.25, 0.3) is 0 Å². The Morgan fingerprint density at radius 1 is 1.39 bits per heavy atom. The highest BCUT2D eigenvalue weighted by Gasteiger charge is 2.51. The molecule has 31 heavy (non-hydrogen) atoms. The lowest BCUT2D eigenvalue weighted by Crippen LogP contribution is -2.56. The van der Waals surface area contributed by atoms with Crippen molar-refractivity contribution in [1.82, 2.24) is 30.4 Å². The lowest BCUT2D eigenvalue weighted by Gasteiger charge is -2.36. The van der Waals surface area contributed by atoms with E-state index in [-0.39, 0.29) is 23.9 Å². The van der Waals surface area contributed by atoms with E-state index < -0.39 is 12.1 Å². The molecule has 1 unspecified atom stereocenters. The van der Waals surface area contributed by atoms with Crippen molar-refractivity contribution in [3.63, 3.8) is 0 Å². The quantitative estimate of drug-likeness (QED) is 0.656. The predicted octanol–water partition coefficient (Wildman–Crippen LogP) is -0.502. The van der Waals surface area contributed by atoms with Gasteiger partial charge in [-0.2, -0.15) is 10.5 Å². The van der Waals surface area contributed by atoms with Gasteiger partial charge in [0.2, 0.25) is 17.6 Å². The summed E-state index contributed by atoms with van der Waals surface area (Å²) >= 11 is 0. The maximum absolute atomic E-state index is 13.2. The molecule has 160 valence electrons. The Kier molecular flexibility index (Phi) is 4.88. The zero-order chi connectivity index (χ0) is 21.5. The molecule has 0 aliphatic carbocycles. The topological polar surface area (TPSA) is 148 Å². The minimum atomic E-state index is -0.749. The van der Waals surface area contributed by atoms with Crippen LogP contribution in [0.25, 0.3) is 11.4 Å². The van der Waals surface area contributed by atoms with Gasteiger partial charge in [-0.15, -0.1) is 10.2 Å². The van der Waals surface area contributed by atoms with E-state index in [9.17, 15) is 14.9 Å². The molecule has 1 aromatic carbocycles. The molecule has 0 radical (unpaired) electrons. The molecule has 11 heteroatoms. The number of nitrogens with zero attached hydrogens (tertiary/aromatic N) is 7. The Hall–Kier alpha value is -3.36. The number of benzene rings is 1. The van der Waals surface area contributed by atoms with Crippen LogP contribution < -0.4 is 10.6 Å². The van der Waals surface area contributed by atoms with Crippen LogP contribution in [0.5, 0.6) is 0 Å². The van der Waals surface area contributed by atoms with Gasteiger partial charge in [0.1, 0.15) is 6.04 Å². The number of H-pyrrole nitrogens is 1. The number of likely N-dealkylation sites (tertiary alicyclic amines) is 2. The second kappa shape index (κ2) is 7.72. The molecule has 0 saturated carbocycles. The molecule has 4 atom stereocenters. The van der Waals surface area contributed by atoms with Crippen molar-refractivity contribution in [3.05, 3.63) is 24.3 Å². The van der Waals surface area contributed by atoms with E-state index in [1.165, 1.54) is 0 Å². The molecule has 3 saturated heterocycles. The van der Waals surface area contributed by atoms with E-state index in [1.54, 1.807) is 4.90 Å². The molecule has 1 aromatic heterocycles. The largest absolute Gasteiger partial charge is 0.325 e. The number of piperazine rings is 1. The van der Waals surface area contributed by atoms with Gasteiger partial charge < -0.3 is 15.5 Å². The highest BCUT2D eigenvalue weighted by Crippen LogP contribution is 2.39. The fourth-order valence-electron chi connectivity index (χ4n) is 5.04. The molecule has 11 nitrogen and oxygen atoms in total. The fraction of sp³-hybridized carbons (Fsp3) is 0.500. The van der Waals surface area contributed by atoms with E-state index >= 15 is 0 Å². The van der Waals surface area contributed by atoms with Crippen LogP contribution in [-0.2, 0) is 9.59 Å². The van der Waals surface area contributed by atoms with Gasteiger partial charge in [-0.05, 0) is 36.6 Å². The Morgan fingerprint density at radius 3 is 2.97 bits per heavy atom. The van der Waals surface area contributed by atoms with E-state index in [0.29, 0.717) is 38.3 Å². The lowest BCUT2D eigenvalue weighted by atomic mass is 10.1. The van der Waals surface area contributed by atoms with Crippen molar-refractivity contribution in [2.24, 2.45) is 5.73 Å². The summed E-state index contributed by atoms with van der Waals surface area (Å²) in [4.78, 5) is 31.4. The first-order valence-corrected chi connectivity index (χ1v) is 10.4. The number of aromatic nitrogens is 4. The number of tetrazole rings is 1. The molecule has 2 bridgehead atoms. The van der Waals surface area contributed by atoms with Crippen LogP contribution in [-0.4, -0.2) is 86.0 Å². The first-order chi connectivity index (χ1) is 15.1. The monoisotopic (exact) mass is 421 g/mol. The number of fused-ring (bicyclic) bond motifs is 2. The third-order valence-corrected chi connectivity index (χ3v) is 6.45. The maximum Gasteiger partial charge on any atom is 0.244 e. The van der Waals surface area contributed by atoms with E-state index in [1.807, 2.05) is 34.1 Å². The molecule has 3 N–H and O–H groups in total. The summed E-state index contributed by atoms with van der Waals surface area (Å²) in [5, 5.41) is 23.4. The molecular weight excluding hydrogens is 398 g/mol. The number of nitriles is 1. The van der Waals surface area contributed by atoms with E-state index in [0.717, 1.165) is 17.7 Å². The number of para-hydroxylation sites is 1. The van der Waals surface area contributed by atoms with Gasteiger partial charge in [0.15, 0.2) is 0 Å². The zero-order valence-electron chi connectivity index (χ0n) is 16.9. The zero-order valence-corrected chi connectivity index (χ0v) is 16.9. The van der Waals surface area contributed by atoms with Gasteiger partial charge >= 0.3 is 0 Å². The molecule has 3 aliphatic heterocycles. The second-order valence-electron chi connectivity index (χ2n) is 8.25. The lowest BCUT2D eigenvalue weighted by molar-refractivity contribution is -0.134. The van der Waals surface area contributed by atoms with E-state index in [4.69, 9.17) is 5.73 Å². The van der Waals surface area contributed by atoms with Crippen LogP contribution in [0.4, 0.5) is 5.69 Å². The van der Waals surface area contributed by atoms with Crippen molar-refractivity contribution in [1.29, 1.82) is 5.26 Å². The maximum atomic E-state index is 13.2. The minimum absolute atomic E-state index is 0.00787. The summed E-state index contributed by atoms with van der Waals surface area (Å²) in [6.07, 6.45) is 2.19. The third kappa shape index (κ3) is 3.24. The molecule has 2 amide bonds. The van der Waals surface area contributed by atoms with Crippen LogP contribution in [0.1, 0.15) is 19.3 Å². The number of amides is 2. The summed E-state index contributed by atoms with van der Waals surface area (Å²) in [5.74, 6) is 0.217. The van der Waals surface area contributed by atoms with Crippen LogP contribution in [0.2, 0.25) is 0 Å². The molecule has 5 rings (SSSR count). The van der Waals surface area contributed by atoms with Crippen LogP contribution in [0, 0.1) is 11.3 Å². The molecular formula is C20H23N9O2. The van der Waals surface area contributed by atoms with Gasteiger partial charge in [-0.3, -0.25) is 14.5 Å². The Bertz CT molecular complexity index is 1030. The van der Waals surface area contributed by atoms with Crippen molar-refractivity contribution in [2.75, 3.05) is 24.5 Å². The summed E-state index contributed by atoms with van der Waals surface area (Å²) in [6.45, 7) is 1.51. The van der Waals surface area contributed by atoms with Crippen LogP contribution in [0.3, 0.4) is 0 Å². The third-order valence-electron chi connectivity index (χ3n) is 6.45. The molecule has 0 spiro atoms. The van der Waals surface area contributed by atoms with Crippen molar-refractivity contribution in [2.45, 2.75) is 43.4 Å². The van der Waals surface area contributed by atoms with Crippen LogP contribution >= 0.6 is 0 Å². The number of carbonyl (C=O) groups is 2. The highest BCUT2D eigenvalue weighted by atomic mass is 16.2. The van der Waals surface area contributed by atoms with E-state index in [2.05, 4.69) is 26.7 Å². The summed E-state index contributed by atoms with van der Waals surface area (Å²) < 4.78 is 0. The molecule has 3 aliphatic rings. The highest BCUT2D eigenvalue weighted by molar-refractivity contribution is 6.04. The molecule has 4 heterocycles. The Balaban J connectivity index is 1.30. The summed E-state index contributed by atoms with van der Waals surface area (Å²) in [5.41, 5.74) is 7.71. The standard InChI is InChI=1S/C20H23N9O2/c21-9-12-4-3-7-28(12)19(30)15(22)11-27-10-13-8-17(27)20(31)29(13)16-6-2-1-5-14(16)18-23-25-26-24-18/h1-2,5-6,12-13,15,17H,3-4,7-8,10-11,22H2,(H,23,24,25,26)/t12-,13?,15-,17+/m0/s1. The number of nitrogens with one attached hydrogen (secondary N) is 1. The second-order valence-corrected chi connectivity index (χ2v) is 8.25. The fourth-order valence-corrected chi connectivity index (χ4v) is 5.04. The Morgan fingerprint density at radius 2 is 2.23 bits per heavy atom.